The molecule has 1 saturated heterocycles. The Morgan fingerprint density at radius 3 is 2.84 bits per heavy atom. The second-order valence-electron chi connectivity index (χ2n) is 7.36. The fraction of sp³-hybridized carbons (Fsp3) is 0.350. The molecular formula is C20H21N3O6S2. The summed E-state index contributed by atoms with van der Waals surface area (Å²) in [4.78, 5) is 16.9. The zero-order valence-electron chi connectivity index (χ0n) is 16.9. The van der Waals surface area contributed by atoms with Crippen molar-refractivity contribution in [3.63, 3.8) is 0 Å². The third-order valence-electron chi connectivity index (χ3n) is 5.18. The molecule has 3 heterocycles. The molecule has 3 aromatic rings. The number of carbonyl (C=O) groups excluding carboxylic acids is 1. The third-order valence-corrected chi connectivity index (χ3v) is 7.73. The van der Waals surface area contributed by atoms with E-state index in [0.29, 0.717) is 5.82 Å². The van der Waals surface area contributed by atoms with Crippen LogP contribution in [0.3, 0.4) is 0 Å². The Balaban J connectivity index is 1.48. The van der Waals surface area contributed by atoms with Crippen LogP contribution in [0.15, 0.2) is 44.4 Å². The van der Waals surface area contributed by atoms with Gasteiger partial charge in [0.25, 0.3) is 5.89 Å². The summed E-state index contributed by atoms with van der Waals surface area (Å²) in [5, 5.41) is 17.6. The smallest absolute Gasteiger partial charge is 0.325 e. The van der Waals surface area contributed by atoms with Gasteiger partial charge in [-0.2, -0.15) is 20.6 Å². The first-order chi connectivity index (χ1) is 14.8. The summed E-state index contributed by atoms with van der Waals surface area (Å²) in [5.41, 5.74) is 2.56. The number of aryl methyl sites for hydroxylation is 2. The first-order valence-electron chi connectivity index (χ1n) is 9.54. The number of aliphatic hydroxyl groups excluding tert-OH is 1. The normalized spacial score (nSPS) is 19.6. The Bertz CT molecular complexity index is 1190. The minimum atomic E-state index is -3.99. The number of carbonyl (C=O) groups is 1. The van der Waals surface area contributed by atoms with Crippen LogP contribution in [0.5, 0.6) is 0 Å². The second-order valence-corrected chi connectivity index (χ2v) is 10.0. The molecule has 11 heteroatoms. The van der Waals surface area contributed by atoms with Crippen molar-refractivity contribution in [2.45, 2.75) is 43.9 Å². The lowest BCUT2D eigenvalue weighted by Gasteiger charge is -2.22. The highest BCUT2D eigenvalue weighted by Crippen LogP contribution is 2.28. The topological polar surface area (TPSA) is 123 Å². The standard InChI is InChI=1S/C20H21N3O6S2/c1-12-3-4-16(7-13(12)2)31(26,27)23-9-15(24)8-17(23)20(25)28-10-18-21-19(22-29-18)14-5-6-30-11-14/h3-7,11,15,17,24H,8-10H2,1-2H3/t15?,17-/m0/s1. The molecule has 0 saturated carbocycles. The predicted molar refractivity (Wildman–Crippen MR) is 112 cm³/mol. The molecule has 2 atom stereocenters. The van der Waals surface area contributed by atoms with E-state index < -0.39 is 28.1 Å². The molecule has 164 valence electrons. The molecule has 1 aliphatic heterocycles. The molecule has 1 unspecified atom stereocenters. The fourth-order valence-electron chi connectivity index (χ4n) is 3.33. The van der Waals surface area contributed by atoms with Gasteiger partial charge >= 0.3 is 5.97 Å². The molecule has 4 rings (SSSR count). The number of hydrogen-bond acceptors (Lipinski definition) is 9. The molecule has 0 bridgehead atoms. The van der Waals surface area contributed by atoms with E-state index >= 15 is 0 Å². The van der Waals surface area contributed by atoms with Gasteiger partial charge in [-0.05, 0) is 48.6 Å². The summed E-state index contributed by atoms with van der Waals surface area (Å²) in [5.74, 6) is -0.307. The maximum Gasteiger partial charge on any atom is 0.325 e. The van der Waals surface area contributed by atoms with Crippen molar-refractivity contribution >= 4 is 27.3 Å². The zero-order chi connectivity index (χ0) is 22.2. The van der Waals surface area contributed by atoms with Crippen molar-refractivity contribution in [2.75, 3.05) is 6.54 Å². The largest absolute Gasteiger partial charge is 0.454 e. The van der Waals surface area contributed by atoms with Gasteiger partial charge in [0.2, 0.25) is 15.8 Å². The van der Waals surface area contributed by atoms with Gasteiger partial charge in [0.15, 0.2) is 6.61 Å². The number of hydrogen-bond donors (Lipinski definition) is 1. The maximum atomic E-state index is 13.1. The van der Waals surface area contributed by atoms with Crippen LogP contribution in [-0.4, -0.2) is 52.6 Å². The molecule has 0 radical (unpaired) electrons. The predicted octanol–water partition coefficient (Wildman–Crippen LogP) is 2.28. The average Bonchev–Trinajstić information content (AvgIpc) is 3.48. The molecule has 1 aliphatic rings. The highest BCUT2D eigenvalue weighted by atomic mass is 32.2. The number of β-amino-alcohol motifs (C(OH)–C–C–N with tert-alkyl or cyclic N) is 1. The summed E-state index contributed by atoms with van der Waals surface area (Å²) in [6.07, 6.45) is -1.01. The molecule has 1 fully saturated rings. The summed E-state index contributed by atoms with van der Waals surface area (Å²) in [6.45, 7) is 3.22. The van der Waals surface area contributed by atoms with Crippen molar-refractivity contribution in [1.82, 2.24) is 14.4 Å². The number of nitrogens with zero attached hydrogens (tertiary/aromatic N) is 3. The van der Waals surface area contributed by atoms with Crippen LogP contribution in [-0.2, 0) is 26.2 Å². The van der Waals surface area contributed by atoms with Gasteiger partial charge in [-0.15, -0.1) is 0 Å². The van der Waals surface area contributed by atoms with Gasteiger partial charge < -0.3 is 14.4 Å². The van der Waals surface area contributed by atoms with Crippen LogP contribution in [0, 0.1) is 13.8 Å². The van der Waals surface area contributed by atoms with Gasteiger partial charge in [-0.25, -0.2) is 8.42 Å². The Hall–Kier alpha value is -2.60. The zero-order valence-corrected chi connectivity index (χ0v) is 18.5. The minimum absolute atomic E-state index is 0.0487. The van der Waals surface area contributed by atoms with E-state index in [4.69, 9.17) is 9.26 Å². The van der Waals surface area contributed by atoms with Gasteiger partial charge in [0, 0.05) is 23.9 Å². The van der Waals surface area contributed by atoms with Crippen molar-refractivity contribution < 1.29 is 27.6 Å². The number of ether oxygens (including phenoxy) is 1. The molecular weight excluding hydrogens is 442 g/mol. The number of sulfonamides is 1. The molecule has 1 N–H and O–H groups in total. The van der Waals surface area contributed by atoms with Crippen LogP contribution >= 0.6 is 11.3 Å². The molecule has 9 nitrogen and oxygen atoms in total. The Labute approximate surface area is 183 Å². The van der Waals surface area contributed by atoms with Crippen LogP contribution in [0.1, 0.15) is 23.4 Å². The van der Waals surface area contributed by atoms with Crippen molar-refractivity contribution in [1.29, 1.82) is 0 Å². The summed E-state index contributed by atoms with van der Waals surface area (Å²) < 4.78 is 37.6. The highest BCUT2D eigenvalue weighted by Gasteiger charge is 2.44. The molecule has 0 amide bonds. The Morgan fingerprint density at radius 2 is 2.13 bits per heavy atom. The maximum absolute atomic E-state index is 13.1. The van der Waals surface area contributed by atoms with E-state index in [9.17, 15) is 18.3 Å². The van der Waals surface area contributed by atoms with Gasteiger partial charge in [0.1, 0.15) is 6.04 Å². The van der Waals surface area contributed by atoms with Crippen LogP contribution in [0.2, 0.25) is 0 Å². The second kappa shape index (κ2) is 8.50. The van der Waals surface area contributed by atoms with Crippen LogP contribution in [0.25, 0.3) is 11.4 Å². The number of esters is 1. The third kappa shape index (κ3) is 4.40. The molecule has 0 aliphatic carbocycles. The van der Waals surface area contributed by atoms with E-state index in [1.807, 2.05) is 30.7 Å². The number of benzene rings is 1. The SMILES string of the molecule is Cc1ccc(S(=O)(=O)N2CC(O)C[C@H]2C(=O)OCc2nc(-c3ccsc3)no2)cc1C. The first-order valence-corrected chi connectivity index (χ1v) is 11.9. The summed E-state index contributed by atoms with van der Waals surface area (Å²) in [6, 6.07) is 5.46. The monoisotopic (exact) mass is 463 g/mol. The van der Waals surface area contributed by atoms with E-state index in [0.717, 1.165) is 21.0 Å². The Morgan fingerprint density at radius 1 is 1.32 bits per heavy atom. The molecule has 2 aromatic heterocycles. The lowest BCUT2D eigenvalue weighted by molar-refractivity contribution is -0.149. The van der Waals surface area contributed by atoms with Gasteiger partial charge in [0.05, 0.1) is 11.0 Å². The van der Waals surface area contributed by atoms with E-state index in [-0.39, 0.29) is 30.4 Å². The summed E-state index contributed by atoms with van der Waals surface area (Å²) in [7, 11) is -3.99. The fourth-order valence-corrected chi connectivity index (χ4v) is 5.67. The van der Waals surface area contributed by atoms with Crippen molar-refractivity contribution in [3.8, 4) is 11.4 Å². The number of aliphatic hydroxyl groups is 1. The van der Waals surface area contributed by atoms with Crippen LogP contribution in [0.4, 0.5) is 0 Å². The van der Waals surface area contributed by atoms with E-state index in [1.54, 1.807) is 12.1 Å². The van der Waals surface area contributed by atoms with Crippen molar-refractivity contribution in [3.05, 3.63) is 52.0 Å². The number of thiophene rings is 1. The number of aromatic nitrogens is 2. The summed E-state index contributed by atoms with van der Waals surface area (Å²) >= 11 is 1.49. The molecule has 31 heavy (non-hydrogen) atoms. The minimum Gasteiger partial charge on any atom is -0.454 e. The van der Waals surface area contributed by atoms with E-state index in [2.05, 4.69) is 10.1 Å². The average molecular weight is 464 g/mol. The van der Waals surface area contributed by atoms with Gasteiger partial charge in [-0.3, -0.25) is 4.79 Å². The quantitative estimate of drug-likeness (QED) is 0.553. The lowest BCUT2D eigenvalue weighted by atomic mass is 10.1. The van der Waals surface area contributed by atoms with Crippen LogP contribution < -0.4 is 0 Å². The molecule has 1 aromatic carbocycles. The lowest BCUT2D eigenvalue weighted by Crippen LogP contribution is -2.41. The molecule has 0 spiro atoms. The van der Waals surface area contributed by atoms with Gasteiger partial charge in [-0.1, -0.05) is 11.2 Å². The highest BCUT2D eigenvalue weighted by molar-refractivity contribution is 7.89. The first kappa shape index (κ1) is 21.6. The van der Waals surface area contributed by atoms with Crippen molar-refractivity contribution in [2.24, 2.45) is 0 Å². The van der Waals surface area contributed by atoms with E-state index in [1.165, 1.54) is 17.4 Å². The number of rotatable bonds is 6. The Kier molecular flexibility index (Phi) is 5.93.